The first-order valence-electron chi connectivity index (χ1n) is 8.12. The number of amides is 1. The molecule has 0 aliphatic carbocycles. The van der Waals surface area contributed by atoms with Crippen LogP contribution in [0.1, 0.15) is 18.3 Å². The first kappa shape index (κ1) is 19.2. The molecular formula is C19H16F3N3OS. The molecule has 8 heteroatoms. The Labute approximate surface area is 158 Å². The van der Waals surface area contributed by atoms with Crippen molar-refractivity contribution in [3.05, 3.63) is 59.9 Å². The van der Waals surface area contributed by atoms with Gasteiger partial charge in [-0.15, -0.1) is 0 Å². The summed E-state index contributed by atoms with van der Waals surface area (Å²) >= 11 is 0.971. The number of alkyl halides is 3. The van der Waals surface area contributed by atoms with E-state index >= 15 is 0 Å². The van der Waals surface area contributed by atoms with Gasteiger partial charge in [-0.25, -0.2) is 9.97 Å². The van der Waals surface area contributed by atoms with Crippen molar-refractivity contribution >= 4 is 34.3 Å². The molecule has 1 aromatic heterocycles. The van der Waals surface area contributed by atoms with E-state index in [1.807, 2.05) is 19.1 Å². The van der Waals surface area contributed by atoms with Gasteiger partial charge in [0.15, 0.2) is 0 Å². The number of nitrogens with one attached hydrogen (secondary N) is 1. The second-order valence-electron chi connectivity index (χ2n) is 5.98. The molecule has 3 rings (SSSR count). The predicted octanol–water partition coefficient (Wildman–Crippen LogP) is 5.08. The molecule has 1 amide bonds. The van der Waals surface area contributed by atoms with Crippen LogP contribution in [-0.4, -0.2) is 21.1 Å². The molecule has 1 atom stereocenters. The van der Waals surface area contributed by atoms with Gasteiger partial charge < -0.3 is 5.32 Å². The monoisotopic (exact) mass is 391 g/mol. The molecule has 1 N–H and O–H groups in total. The average molecular weight is 391 g/mol. The fraction of sp³-hybridized carbons (Fsp3) is 0.211. The summed E-state index contributed by atoms with van der Waals surface area (Å²) in [7, 11) is 0. The Hall–Kier alpha value is -2.61. The second kappa shape index (κ2) is 7.56. The van der Waals surface area contributed by atoms with Crippen LogP contribution in [0.25, 0.3) is 10.9 Å². The number of rotatable bonds is 4. The maximum absolute atomic E-state index is 13.1. The average Bonchev–Trinajstić information content (AvgIpc) is 2.62. The van der Waals surface area contributed by atoms with E-state index in [9.17, 15) is 18.0 Å². The number of hydrogen-bond acceptors (Lipinski definition) is 4. The summed E-state index contributed by atoms with van der Waals surface area (Å²) in [4.78, 5) is 19.7. The molecule has 3 aromatic rings. The molecule has 0 bridgehead atoms. The van der Waals surface area contributed by atoms with E-state index in [2.05, 4.69) is 15.3 Å². The number of halogens is 3. The molecule has 27 heavy (non-hydrogen) atoms. The lowest BCUT2D eigenvalue weighted by atomic mass is 10.2. The SMILES string of the molecule is Cc1ccc(NC(=O)[C@H](C)Sc2nc(C(F)(F)F)nc3ccccc23)cc1. The molecular weight excluding hydrogens is 375 g/mol. The zero-order chi connectivity index (χ0) is 19.6. The van der Waals surface area contributed by atoms with E-state index in [1.165, 1.54) is 6.07 Å². The molecule has 0 saturated heterocycles. The van der Waals surface area contributed by atoms with Crippen LogP contribution in [0.4, 0.5) is 18.9 Å². The fourth-order valence-electron chi connectivity index (χ4n) is 2.37. The Bertz CT molecular complexity index is 974. The van der Waals surface area contributed by atoms with Crippen LogP contribution in [0.3, 0.4) is 0 Å². The molecule has 0 spiro atoms. The maximum Gasteiger partial charge on any atom is 0.451 e. The number of carbonyl (C=O) groups excluding carboxylic acids is 1. The van der Waals surface area contributed by atoms with Crippen molar-refractivity contribution in [3.8, 4) is 0 Å². The Morgan fingerprint density at radius 3 is 2.41 bits per heavy atom. The lowest BCUT2D eigenvalue weighted by molar-refractivity contribution is -0.145. The number of hydrogen-bond donors (Lipinski definition) is 1. The van der Waals surface area contributed by atoms with Crippen LogP contribution in [0.2, 0.25) is 0 Å². The largest absolute Gasteiger partial charge is 0.451 e. The summed E-state index contributed by atoms with van der Waals surface area (Å²) in [6, 6.07) is 13.7. The Morgan fingerprint density at radius 2 is 1.74 bits per heavy atom. The Balaban J connectivity index is 1.86. The van der Waals surface area contributed by atoms with Gasteiger partial charge in [0.1, 0.15) is 5.03 Å². The van der Waals surface area contributed by atoms with Crippen LogP contribution in [0.5, 0.6) is 0 Å². The first-order valence-corrected chi connectivity index (χ1v) is 9.00. The van der Waals surface area contributed by atoms with Crippen molar-refractivity contribution < 1.29 is 18.0 Å². The minimum Gasteiger partial charge on any atom is -0.325 e. The van der Waals surface area contributed by atoms with Crippen molar-refractivity contribution in [2.24, 2.45) is 0 Å². The number of anilines is 1. The van der Waals surface area contributed by atoms with E-state index in [4.69, 9.17) is 0 Å². The van der Waals surface area contributed by atoms with Crippen molar-refractivity contribution in [2.45, 2.75) is 30.3 Å². The number of benzene rings is 2. The highest BCUT2D eigenvalue weighted by Crippen LogP contribution is 2.33. The van der Waals surface area contributed by atoms with Gasteiger partial charge in [0.25, 0.3) is 0 Å². The third-order valence-corrected chi connectivity index (χ3v) is 4.90. The van der Waals surface area contributed by atoms with Gasteiger partial charge in [-0.05, 0) is 32.0 Å². The molecule has 0 radical (unpaired) electrons. The lowest BCUT2D eigenvalue weighted by Crippen LogP contribution is -2.22. The van der Waals surface area contributed by atoms with E-state index in [0.717, 1.165) is 17.3 Å². The number of aryl methyl sites for hydroxylation is 1. The van der Waals surface area contributed by atoms with Crippen molar-refractivity contribution in [3.63, 3.8) is 0 Å². The van der Waals surface area contributed by atoms with Gasteiger partial charge in [-0.2, -0.15) is 13.2 Å². The first-order chi connectivity index (χ1) is 12.7. The summed E-state index contributed by atoms with van der Waals surface area (Å²) < 4.78 is 39.3. The smallest absolute Gasteiger partial charge is 0.325 e. The van der Waals surface area contributed by atoms with Crippen molar-refractivity contribution in [1.29, 1.82) is 0 Å². The topological polar surface area (TPSA) is 54.9 Å². The standard InChI is InChI=1S/C19H16F3N3OS/c1-11-7-9-13(10-8-11)23-16(26)12(2)27-17-14-5-3-4-6-15(14)24-18(25-17)19(20,21)22/h3-10,12H,1-2H3,(H,23,26)/t12-/m0/s1. The summed E-state index contributed by atoms with van der Waals surface area (Å²) in [6.45, 7) is 3.56. The van der Waals surface area contributed by atoms with Gasteiger partial charge in [-0.1, -0.05) is 47.7 Å². The maximum atomic E-state index is 13.1. The number of aromatic nitrogens is 2. The highest BCUT2D eigenvalue weighted by Gasteiger charge is 2.35. The van der Waals surface area contributed by atoms with Crippen molar-refractivity contribution in [2.75, 3.05) is 5.32 Å². The molecule has 0 saturated carbocycles. The van der Waals surface area contributed by atoms with E-state index in [-0.39, 0.29) is 16.4 Å². The van der Waals surface area contributed by atoms with Gasteiger partial charge in [0.2, 0.25) is 11.7 Å². The van der Waals surface area contributed by atoms with Crippen LogP contribution in [0, 0.1) is 6.92 Å². The van der Waals surface area contributed by atoms with Gasteiger partial charge in [-0.3, -0.25) is 4.79 Å². The zero-order valence-corrected chi connectivity index (χ0v) is 15.4. The minimum absolute atomic E-state index is 0.125. The highest BCUT2D eigenvalue weighted by atomic mass is 32.2. The van der Waals surface area contributed by atoms with Crippen LogP contribution >= 0.6 is 11.8 Å². The summed E-state index contributed by atoms with van der Waals surface area (Å²) in [5.74, 6) is -1.53. The third-order valence-electron chi connectivity index (χ3n) is 3.80. The van der Waals surface area contributed by atoms with Crippen LogP contribution in [0.15, 0.2) is 53.6 Å². The Morgan fingerprint density at radius 1 is 1.07 bits per heavy atom. The fourth-order valence-corrected chi connectivity index (χ4v) is 3.31. The third kappa shape index (κ3) is 4.57. The quantitative estimate of drug-likeness (QED) is 0.498. The molecule has 0 unspecified atom stereocenters. The number of para-hydroxylation sites is 1. The molecule has 2 aromatic carbocycles. The minimum atomic E-state index is -4.66. The van der Waals surface area contributed by atoms with E-state index < -0.39 is 17.3 Å². The van der Waals surface area contributed by atoms with Crippen molar-refractivity contribution in [1.82, 2.24) is 9.97 Å². The lowest BCUT2D eigenvalue weighted by Gasteiger charge is -2.14. The molecule has 0 aliphatic rings. The summed E-state index contributed by atoms with van der Waals surface area (Å²) in [5, 5.41) is 2.71. The van der Waals surface area contributed by atoms with E-state index in [1.54, 1.807) is 37.3 Å². The van der Waals surface area contributed by atoms with Gasteiger partial charge >= 0.3 is 6.18 Å². The van der Waals surface area contributed by atoms with E-state index in [0.29, 0.717) is 11.1 Å². The summed E-state index contributed by atoms with van der Waals surface area (Å²) in [6.07, 6.45) is -4.66. The molecule has 0 fully saturated rings. The summed E-state index contributed by atoms with van der Waals surface area (Å²) in [5.41, 5.74) is 1.87. The molecule has 4 nitrogen and oxygen atoms in total. The van der Waals surface area contributed by atoms with Gasteiger partial charge in [0.05, 0.1) is 10.8 Å². The predicted molar refractivity (Wildman–Crippen MR) is 99.7 cm³/mol. The number of carbonyl (C=O) groups is 1. The highest BCUT2D eigenvalue weighted by molar-refractivity contribution is 8.00. The van der Waals surface area contributed by atoms with Gasteiger partial charge in [0, 0.05) is 11.1 Å². The second-order valence-corrected chi connectivity index (χ2v) is 7.31. The normalized spacial score (nSPS) is 12.8. The van der Waals surface area contributed by atoms with Crippen LogP contribution in [-0.2, 0) is 11.0 Å². The molecule has 1 heterocycles. The van der Waals surface area contributed by atoms with Crippen LogP contribution < -0.4 is 5.32 Å². The Kier molecular flexibility index (Phi) is 5.36. The zero-order valence-electron chi connectivity index (χ0n) is 14.5. The number of fused-ring (bicyclic) bond motifs is 1. The molecule has 0 aliphatic heterocycles. The molecule has 140 valence electrons. The number of nitrogens with zero attached hydrogens (tertiary/aromatic N) is 2. The number of thioether (sulfide) groups is 1.